The molecule has 0 atom stereocenters. The minimum absolute atomic E-state index is 0.0331. The highest BCUT2D eigenvalue weighted by molar-refractivity contribution is 8.00. The molecule has 0 saturated heterocycles. The summed E-state index contributed by atoms with van der Waals surface area (Å²) in [5.41, 5.74) is -3.72. The summed E-state index contributed by atoms with van der Waals surface area (Å²) in [6.07, 6.45) is 2.80. The van der Waals surface area contributed by atoms with Gasteiger partial charge in [-0.15, -0.1) is 0 Å². The molecule has 0 aromatic heterocycles. The third-order valence-electron chi connectivity index (χ3n) is 2.93. The number of rotatable bonds is 7. The third-order valence-corrected chi connectivity index (χ3v) is 3.67. The van der Waals surface area contributed by atoms with Crippen LogP contribution in [0.3, 0.4) is 0 Å². The van der Waals surface area contributed by atoms with Crippen LogP contribution in [-0.2, 0) is 9.59 Å². The van der Waals surface area contributed by atoms with Crippen LogP contribution >= 0.6 is 11.8 Å². The highest BCUT2D eigenvalue weighted by Crippen LogP contribution is 2.36. The number of alkyl halides is 3. The first-order valence-electron chi connectivity index (χ1n) is 7.34. The van der Waals surface area contributed by atoms with Crippen molar-refractivity contribution in [3.05, 3.63) is 35.9 Å². The van der Waals surface area contributed by atoms with Crippen LogP contribution in [0.5, 0.6) is 0 Å². The van der Waals surface area contributed by atoms with Gasteiger partial charge in [0, 0.05) is 24.1 Å². The van der Waals surface area contributed by atoms with E-state index in [1.54, 1.807) is 13.8 Å². The van der Waals surface area contributed by atoms with E-state index in [2.05, 4.69) is 5.32 Å². The average Bonchev–Trinajstić information content (AvgIpc) is 2.50. The van der Waals surface area contributed by atoms with Gasteiger partial charge in [0.05, 0.1) is 6.54 Å². The van der Waals surface area contributed by atoms with E-state index in [-0.39, 0.29) is 35.0 Å². The highest BCUT2D eigenvalue weighted by Gasteiger charge is 2.28. The van der Waals surface area contributed by atoms with Crippen LogP contribution in [0.25, 0.3) is 6.08 Å². The second-order valence-corrected chi connectivity index (χ2v) is 5.89. The lowest BCUT2D eigenvalue weighted by atomic mass is 10.2. The number of carbonyl (C=O) groups excluding carboxylic acids is 2. The number of halogens is 3. The summed E-state index contributed by atoms with van der Waals surface area (Å²) in [7, 11) is 0. The van der Waals surface area contributed by atoms with Crippen LogP contribution in [-0.4, -0.2) is 41.9 Å². The monoisotopic (exact) mass is 360 g/mol. The lowest BCUT2D eigenvalue weighted by Gasteiger charge is -2.18. The molecule has 0 bridgehead atoms. The highest BCUT2D eigenvalue weighted by atomic mass is 32.2. The molecule has 1 N–H and O–H groups in total. The molecular weight excluding hydrogens is 341 g/mol. The smallest absolute Gasteiger partial charge is 0.355 e. The molecule has 24 heavy (non-hydrogen) atoms. The SMILES string of the molecule is CCNC(=O)CN(CC)C(=O)C=Cc1ccc(SC(F)(F)F)cc1. The number of hydrogen-bond donors (Lipinski definition) is 1. The van der Waals surface area contributed by atoms with Gasteiger partial charge >= 0.3 is 5.51 Å². The first-order valence-corrected chi connectivity index (χ1v) is 8.16. The molecule has 0 aliphatic carbocycles. The molecule has 8 heteroatoms. The predicted molar refractivity (Wildman–Crippen MR) is 88.3 cm³/mol. The molecule has 1 aromatic carbocycles. The van der Waals surface area contributed by atoms with Crippen LogP contribution < -0.4 is 5.32 Å². The molecule has 0 spiro atoms. The summed E-state index contributed by atoms with van der Waals surface area (Å²) in [4.78, 5) is 25.0. The fraction of sp³-hybridized carbons (Fsp3) is 0.375. The van der Waals surface area contributed by atoms with E-state index in [1.807, 2.05) is 0 Å². The minimum Gasteiger partial charge on any atom is -0.355 e. The van der Waals surface area contributed by atoms with E-state index in [9.17, 15) is 22.8 Å². The van der Waals surface area contributed by atoms with Crippen LogP contribution in [0.15, 0.2) is 35.2 Å². The Kier molecular flexibility index (Phi) is 7.84. The summed E-state index contributed by atoms with van der Waals surface area (Å²) >= 11 is -0.190. The number of benzene rings is 1. The van der Waals surface area contributed by atoms with E-state index >= 15 is 0 Å². The standard InChI is InChI=1S/C16H19F3N2O2S/c1-3-20-14(22)11-21(4-2)15(23)10-7-12-5-8-13(9-6-12)24-16(17,18)19/h5-10H,3-4,11H2,1-2H3,(H,20,22). The Labute approximate surface area is 143 Å². The van der Waals surface area contributed by atoms with Crippen molar-refractivity contribution in [1.82, 2.24) is 10.2 Å². The molecule has 0 saturated carbocycles. The Bertz CT molecular complexity index is 586. The third kappa shape index (κ3) is 7.54. The summed E-state index contributed by atoms with van der Waals surface area (Å²) in [5, 5.41) is 2.61. The van der Waals surface area contributed by atoms with Crippen molar-refractivity contribution < 1.29 is 22.8 Å². The van der Waals surface area contributed by atoms with Gasteiger partial charge in [0.15, 0.2) is 0 Å². The lowest BCUT2D eigenvalue weighted by Crippen LogP contribution is -2.39. The number of thioether (sulfide) groups is 1. The summed E-state index contributed by atoms with van der Waals surface area (Å²) in [6, 6.07) is 5.68. The van der Waals surface area contributed by atoms with E-state index in [0.29, 0.717) is 18.7 Å². The molecule has 132 valence electrons. The summed E-state index contributed by atoms with van der Waals surface area (Å²) < 4.78 is 36.7. The van der Waals surface area contributed by atoms with E-state index < -0.39 is 5.51 Å². The molecule has 2 amide bonds. The quantitative estimate of drug-likeness (QED) is 0.600. The first-order chi connectivity index (χ1) is 11.2. The van der Waals surface area contributed by atoms with Crippen molar-refractivity contribution in [3.63, 3.8) is 0 Å². The van der Waals surface area contributed by atoms with Crippen molar-refractivity contribution in [2.45, 2.75) is 24.3 Å². The number of likely N-dealkylation sites (N-methyl/N-ethyl adjacent to an activating group) is 2. The maximum Gasteiger partial charge on any atom is 0.446 e. The first kappa shape index (κ1) is 20.1. The fourth-order valence-electron chi connectivity index (χ4n) is 1.83. The summed E-state index contributed by atoms with van der Waals surface area (Å²) in [6.45, 7) is 4.38. The Balaban J connectivity index is 2.66. The normalized spacial score (nSPS) is 11.5. The van der Waals surface area contributed by atoms with Gasteiger partial charge in [0.1, 0.15) is 0 Å². The zero-order valence-corrected chi connectivity index (χ0v) is 14.2. The molecular formula is C16H19F3N2O2S. The lowest BCUT2D eigenvalue weighted by molar-refractivity contribution is -0.132. The Morgan fingerprint density at radius 1 is 1.21 bits per heavy atom. The van der Waals surface area contributed by atoms with Crippen LogP contribution in [0, 0.1) is 0 Å². The van der Waals surface area contributed by atoms with Crippen molar-refractivity contribution in [2.24, 2.45) is 0 Å². The van der Waals surface area contributed by atoms with Gasteiger partial charge < -0.3 is 10.2 Å². The molecule has 1 aromatic rings. The number of carbonyl (C=O) groups is 2. The Morgan fingerprint density at radius 2 is 1.83 bits per heavy atom. The Morgan fingerprint density at radius 3 is 2.33 bits per heavy atom. The van der Waals surface area contributed by atoms with Crippen molar-refractivity contribution in [1.29, 1.82) is 0 Å². The predicted octanol–water partition coefficient (Wildman–Crippen LogP) is 3.30. The van der Waals surface area contributed by atoms with Gasteiger partial charge in [-0.2, -0.15) is 13.2 Å². The van der Waals surface area contributed by atoms with E-state index in [1.165, 1.54) is 41.3 Å². The molecule has 0 unspecified atom stereocenters. The molecule has 4 nitrogen and oxygen atoms in total. The van der Waals surface area contributed by atoms with E-state index in [0.717, 1.165) is 0 Å². The second kappa shape index (κ2) is 9.36. The minimum atomic E-state index is -4.33. The van der Waals surface area contributed by atoms with Gasteiger partial charge in [-0.25, -0.2) is 0 Å². The Hall–Kier alpha value is -1.96. The number of hydrogen-bond acceptors (Lipinski definition) is 3. The maximum atomic E-state index is 12.2. The zero-order valence-electron chi connectivity index (χ0n) is 13.4. The topological polar surface area (TPSA) is 49.4 Å². The molecule has 0 aliphatic rings. The molecule has 0 aliphatic heterocycles. The number of amides is 2. The van der Waals surface area contributed by atoms with Crippen molar-refractivity contribution in [2.75, 3.05) is 19.6 Å². The second-order valence-electron chi connectivity index (χ2n) is 4.76. The van der Waals surface area contributed by atoms with Gasteiger partial charge in [0.25, 0.3) is 0 Å². The number of nitrogens with one attached hydrogen (secondary N) is 1. The average molecular weight is 360 g/mol. The van der Waals surface area contributed by atoms with Gasteiger partial charge in [-0.3, -0.25) is 9.59 Å². The van der Waals surface area contributed by atoms with Crippen LogP contribution in [0.4, 0.5) is 13.2 Å². The fourth-order valence-corrected chi connectivity index (χ4v) is 2.36. The van der Waals surface area contributed by atoms with Crippen LogP contribution in [0.1, 0.15) is 19.4 Å². The largest absolute Gasteiger partial charge is 0.446 e. The molecule has 0 radical (unpaired) electrons. The molecule has 0 fully saturated rings. The molecule has 0 heterocycles. The van der Waals surface area contributed by atoms with Crippen molar-refractivity contribution >= 4 is 29.7 Å². The van der Waals surface area contributed by atoms with Crippen LogP contribution in [0.2, 0.25) is 0 Å². The maximum absolute atomic E-state index is 12.2. The van der Waals surface area contributed by atoms with Crippen molar-refractivity contribution in [3.8, 4) is 0 Å². The van der Waals surface area contributed by atoms with Gasteiger partial charge in [-0.05, 0) is 49.4 Å². The number of nitrogens with zero attached hydrogens (tertiary/aromatic N) is 1. The summed E-state index contributed by atoms with van der Waals surface area (Å²) in [5.74, 6) is -0.577. The van der Waals surface area contributed by atoms with Gasteiger partial charge in [0.2, 0.25) is 11.8 Å². The molecule has 1 rings (SSSR count). The van der Waals surface area contributed by atoms with E-state index in [4.69, 9.17) is 0 Å². The van der Waals surface area contributed by atoms with Gasteiger partial charge in [-0.1, -0.05) is 12.1 Å². The zero-order chi connectivity index (χ0) is 18.2.